The van der Waals surface area contributed by atoms with Crippen LogP contribution < -0.4 is 11.3 Å². The molecule has 16 heavy (non-hydrogen) atoms. The van der Waals surface area contributed by atoms with Gasteiger partial charge in [-0.15, -0.1) is 11.8 Å². The van der Waals surface area contributed by atoms with E-state index in [1.54, 1.807) is 18.0 Å². The zero-order valence-corrected chi connectivity index (χ0v) is 11.4. The van der Waals surface area contributed by atoms with Crippen molar-refractivity contribution in [2.75, 3.05) is 11.2 Å². The number of halogens is 1. The Hall–Kier alpha value is -0.330. The number of nitrogens with one attached hydrogen (secondary N) is 1. The second kappa shape index (κ2) is 5.84. The lowest BCUT2D eigenvalue weighted by Gasteiger charge is -2.09. The fraction of sp³-hybridized carbons (Fsp3) is 0.600. The lowest BCUT2D eigenvalue weighted by molar-refractivity contribution is 0.622. The minimum absolute atomic E-state index is 0.470. The first-order valence-electron chi connectivity index (χ1n) is 5.41. The Morgan fingerprint density at radius 1 is 1.50 bits per heavy atom. The van der Waals surface area contributed by atoms with Gasteiger partial charge in [0.05, 0.1) is 4.47 Å². The molecule has 1 aromatic rings. The molecule has 1 aliphatic rings. The highest BCUT2D eigenvalue weighted by atomic mass is 79.9. The first-order chi connectivity index (χ1) is 7.79. The van der Waals surface area contributed by atoms with Crippen LogP contribution in [0.4, 0.5) is 5.95 Å². The molecule has 2 rings (SSSR count). The van der Waals surface area contributed by atoms with Gasteiger partial charge in [0.1, 0.15) is 5.03 Å². The molecule has 0 bridgehead atoms. The minimum atomic E-state index is 0.470. The summed E-state index contributed by atoms with van der Waals surface area (Å²) in [5.74, 6) is 7.74. The van der Waals surface area contributed by atoms with Gasteiger partial charge < -0.3 is 0 Å². The van der Waals surface area contributed by atoms with Crippen LogP contribution in [0.15, 0.2) is 15.7 Å². The van der Waals surface area contributed by atoms with E-state index >= 15 is 0 Å². The summed E-state index contributed by atoms with van der Waals surface area (Å²) < 4.78 is 0.939. The zero-order valence-electron chi connectivity index (χ0n) is 8.95. The summed E-state index contributed by atoms with van der Waals surface area (Å²) in [5, 5.41) is 0.967. The molecule has 0 aromatic carbocycles. The number of nitrogens with two attached hydrogens (primary N) is 1. The predicted octanol–water partition coefficient (Wildman–Crippen LogP) is 2.81. The van der Waals surface area contributed by atoms with Crippen molar-refractivity contribution in [1.82, 2.24) is 9.97 Å². The van der Waals surface area contributed by atoms with E-state index in [9.17, 15) is 0 Å². The van der Waals surface area contributed by atoms with Crippen LogP contribution in [-0.4, -0.2) is 15.7 Å². The van der Waals surface area contributed by atoms with Crippen molar-refractivity contribution >= 4 is 33.6 Å². The molecule has 1 heterocycles. The van der Waals surface area contributed by atoms with Crippen LogP contribution in [0.2, 0.25) is 0 Å². The molecule has 0 aliphatic heterocycles. The van der Waals surface area contributed by atoms with Gasteiger partial charge in [-0.05, 0) is 34.7 Å². The Kier molecular flexibility index (Phi) is 4.43. The van der Waals surface area contributed by atoms with Gasteiger partial charge in [-0.2, -0.15) is 0 Å². The number of hydrogen-bond acceptors (Lipinski definition) is 5. The molecule has 6 heteroatoms. The standard InChI is InChI=1S/C10H15BrN4S/c11-8-5-13-10(15-12)14-9(8)16-6-7-3-1-2-4-7/h5,7H,1-4,6,12H2,(H,13,14,15). The highest BCUT2D eigenvalue weighted by molar-refractivity contribution is 9.10. The molecule has 1 aliphatic carbocycles. The van der Waals surface area contributed by atoms with Crippen molar-refractivity contribution in [3.8, 4) is 0 Å². The van der Waals surface area contributed by atoms with E-state index in [0.717, 1.165) is 21.2 Å². The van der Waals surface area contributed by atoms with Gasteiger partial charge in [0.25, 0.3) is 0 Å². The molecule has 1 fully saturated rings. The van der Waals surface area contributed by atoms with Crippen molar-refractivity contribution in [1.29, 1.82) is 0 Å². The maximum Gasteiger partial charge on any atom is 0.238 e. The molecule has 0 amide bonds. The lowest BCUT2D eigenvalue weighted by Crippen LogP contribution is -2.10. The summed E-state index contributed by atoms with van der Waals surface area (Å²) in [7, 11) is 0. The highest BCUT2D eigenvalue weighted by Crippen LogP contribution is 2.33. The third-order valence-electron chi connectivity index (χ3n) is 2.77. The number of thioether (sulfide) groups is 1. The Labute approximate surface area is 108 Å². The first kappa shape index (κ1) is 12.1. The Bertz CT molecular complexity index is 355. The predicted molar refractivity (Wildman–Crippen MR) is 70.2 cm³/mol. The molecule has 3 N–H and O–H groups in total. The van der Waals surface area contributed by atoms with Crippen LogP contribution >= 0.6 is 27.7 Å². The summed E-state index contributed by atoms with van der Waals surface area (Å²) in [5.41, 5.74) is 2.47. The Morgan fingerprint density at radius 2 is 2.25 bits per heavy atom. The first-order valence-corrected chi connectivity index (χ1v) is 7.19. The minimum Gasteiger partial charge on any atom is -0.292 e. The largest absolute Gasteiger partial charge is 0.292 e. The van der Waals surface area contributed by atoms with Crippen molar-refractivity contribution < 1.29 is 0 Å². The van der Waals surface area contributed by atoms with Gasteiger partial charge >= 0.3 is 0 Å². The maximum absolute atomic E-state index is 5.29. The lowest BCUT2D eigenvalue weighted by atomic mass is 10.1. The zero-order chi connectivity index (χ0) is 11.4. The van der Waals surface area contributed by atoms with E-state index in [1.165, 1.54) is 25.7 Å². The molecular formula is C10H15BrN4S. The summed E-state index contributed by atoms with van der Waals surface area (Å²) in [6.45, 7) is 0. The summed E-state index contributed by atoms with van der Waals surface area (Å²) in [6, 6.07) is 0. The third-order valence-corrected chi connectivity index (χ3v) is 4.84. The summed E-state index contributed by atoms with van der Waals surface area (Å²) >= 11 is 5.24. The SMILES string of the molecule is NNc1ncc(Br)c(SCC2CCCC2)n1. The van der Waals surface area contributed by atoms with Crippen LogP contribution in [0.25, 0.3) is 0 Å². The summed E-state index contributed by atoms with van der Waals surface area (Å²) in [6.07, 6.45) is 7.21. The quantitative estimate of drug-likeness (QED) is 0.387. The number of rotatable bonds is 4. The van der Waals surface area contributed by atoms with E-state index in [2.05, 4.69) is 31.3 Å². The van der Waals surface area contributed by atoms with Gasteiger partial charge in [-0.3, -0.25) is 5.43 Å². The van der Waals surface area contributed by atoms with E-state index in [1.807, 2.05) is 0 Å². The molecule has 88 valence electrons. The molecule has 4 nitrogen and oxygen atoms in total. The molecule has 0 radical (unpaired) electrons. The van der Waals surface area contributed by atoms with Crippen LogP contribution in [-0.2, 0) is 0 Å². The molecule has 0 spiro atoms. The normalized spacial score (nSPS) is 16.6. The summed E-state index contributed by atoms with van der Waals surface area (Å²) in [4.78, 5) is 8.35. The van der Waals surface area contributed by atoms with Gasteiger partial charge in [0.15, 0.2) is 0 Å². The van der Waals surface area contributed by atoms with Gasteiger partial charge in [-0.25, -0.2) is 15.8 Å². The van der Waals surface area contributed by atoms with Crippen molar-refractivity contribution in [2.45, 2.75) is 30.7 Å². The number of hydrazine groups is 1. The van der Waals surface area contributed by atoms with E-state index in [0.29, 0.717) is 5.95 Å². The average molecular weight is 303 g/mol. The molecular weight excluding hydrogens is 288 g/mol. The number of nitrogens with zero attached hydrogens (tertiary/aromatic N) is 2. The smallest absolute Gasteiger partial charge is 0.238 e. The van der Waals surface area contributed by atoms with E-state index in [4.69, 9.17) is 5.84 Å². The number of anilines is 1. The van der Waals surface area contributed by atoms with Crippen LogP contribution in [0, 0.1) is 5.92 Å². The van der Waals surface area contributed by atoms with Crippen molar-refractivity contribution in [3.63, 3.8) is 0 Å². The van der Waals surface area contributed by atoms with Gasteiger partial charge in [0.2, 0.25) is 5.95 Å². The molecule has 1 saturated carbocycles. The second-order valence-corrected chi connectivity index (χ2v) is 5.82. The molecule has 0 atom stereocenters. The van der Waals surface area contributed by atoms with Crippen LogP contribution in [0.3, 0.4) is 0 Å². The van der Waals surface area contributed by atoms with E-state index < -0.39 is 0 Å². The van der Waals surface area contributed by atoms with Crippen LogP contribution in [0.5, 0.6) is 0 Å². The number of aromatic nitrogens is 2. The van der Waals surface area contributed by atoms with Gasteiger partial charge in [-0.1, -0.05) is 12.8 Å². The average Bonchev–Trinajstić information content (AvgIpc) is 2.81. The van der Waals surface area contributed by atoms with Crippen LogP contribution in [0.1, 0.15) is 25.7 Å². The third kappa shape index (κ3) is 3.09. The maximum atomic E-state index is 5.29. The molecule has 1 aromatic heterocycles. The van der Waals surface area contributed by atoms with Crippen molar-refractivity contribution in [2.24, 2.45) is 11.8 Å². The second-order valence-electron chi connectivity index (χ2n) is 3.95. The molecule has 0 unspecified atom stereocenters. The Morgan fingerprint density at radius 3 is 2.94 bits per heavy atom. The fourth-order valence-electron chi connectivity index (χ4n) is 1.90. The van der Waals surface area contributed by atoms with Gasteiger partial charge in [0, 0.05) is 11.9 Å². The highest BCUT2D eigenvalue weighted by Gasteiger charge is 2.16. The monoisotopic (exact) mass is 302 g/mol. The number of hydrogen-bond donors (Lipinski definition) is 2. The Balaban J connectivity index is 1.96. The molecule has 0 saturated heterocycles. The van der Waals surface area contributed by atoms with Crippen molar-refractivity contribution in [3.05, 3.63) is 10.7 Å². The fourth-order valence-corrected chi connectivity index (χ4v) is 3.50. The van der Waals surface area contributed by atoms with E-state index in [-0.39, 0.29) is 0 Å². The number of nitrogen functional groups attached to an aromatic ring is 1. The topological polar surface area (TPSA) is 63.8 Å².